The van der Waals surface area contributed by atoms with Gasteiger partial charge in [-0.25, -0.2) is 4.79 Å². The maximum absolute atomic E-state index is 12.5. The number of rotatable bonds is 11. The van der Waals surface area contributed by atoms with Gasteiger partial charge in [-0.15, -0.1) is 0 Å². The Morgan fingerprint density at radius 1 is 1.12 bits per heavy atom. The average Bonchev–Trinajstić information content (AvgIpc) is 3.07. The number of nitrogens with one attached hydrogen (secondary N) is 1. The highest BCUT2D eigenvalue weighted by Gasteiger charge is 2.20. The zero-order valence-corrected chi connectivity index (χ0v) is 19.1. The fourth-order valence-corrected chi connectivity index (χ4v) is 3.16. The third-order valence-electron chi connectivity index (χ3n) is 4.99. The molecule has 32 heavy (non-hydrogen) atoms. The summed E-state index contributed by atoms with van der Waals surface area (Å²) in [4.78, 5) is 36.8. The standard InChI is InChI=1S/C24H30N2O6/c1-16-14-21(18(3)26(16)12-13-30-4)22(27)15-32-24(29)17(2)25-23(28)11-8-19-6-9-20(31-5)10-7-19/h6-11,14,17H,12-13,15H2,1-5H3,(H,25,28)/b11-8+. The van der Waals surface area contributed by atoms with Gasteiger partial charge in [-0.1, -0.05) is 12.1 Å². The average molecular weight is 443 g/mol. The van der Waals surface area contributed by atoms with E-state index in [4.69, 9.17) is 14.2 Å². The maximum atomic E-state index is 12.5. The van der Waals surface area contributed by atoms with Crippen LogP contribution in [0.2, 0.25) is 0 Å². The molecule has 0 aliphatic heterocycles. The minimum Gasteiger partial charge on any atom is -0.497 e. The Morgan fingerprint density at radius 3 is 2.44 bits per heavy atom. The SMILES string of the molecule is COCCn1c(C)cc(C(=O)COC(=O)C(C)NC(=O)/C=C/c2ccc(OC)cc2)c1C. The van der Waals surface area contributed by atoms with Gasteiger partial charge in [-0.2, -0.15) is 0 Å². The number of carbonyl (C=O) groups excluding carboxylic acids is 3. The molecule has 1 aromatic carbocycles. The molecule has 1 heterocycles. The number of aromatic nitrogens is 1. The van der Waals surface area contributed by atoms with E-state index in [0.29, 0.717) is 18.7 Å². The molecule has 0 aliphatic carbocycles. The van der Waals surface area contributed by atoms with E-state index >= 15 is 0 Å². The van der Waals surface area contributed by atoms with Gasteiger partial charge in [-0.3, -0.25) is 9.59 Å². The van der Waals surface area contributed by atoms with Crippen LogP contribution in [0, 0.1) is 13.8 Å². The summed E-state index contributed by atoms with van der Waals surface area (Å²) in [6.45, 7) is 6.02. The first kappa shape index (κ1) is 24.9. The summed E-state index contributed by atoms with van der Waals surface area (Å²) in [7, 11) is 3.20. The van der Waals surface area contributed by atoms with Crippen molar-refractivity contribution in [2.24, 2.45) is 0 Å². The fraction of sp³-hybridized carbons (Fsp3) is 0.375. The summed E-state index contributed by atoms with van der Waals surface area (Å²) < 4.78 is 17.3. The Hall–Kier alpha value is -3.39. The molecule has 1 N–H and O–H groups in total. The molecule has 1 unspecified atom stereocenters. The second-order valence-corrected chi connectivity index (χ2v) is 7.30. The van der Waals surface area contributed by atoms with Crippen LogP contribution in [0.1, 0.15) is 34.2 Å². The Kier molecular flexibility index (Phi) is 9.22. The lowest BCUT2D eigenvalue weighted by molar-refractivity contribution is -0.145. The van der Waals surface area contributed by atoms with Crippen LogP contribution in [0.5, 0.6) is 5.75 Å². The topological polar surface area (TPSA) is 95.9 Å². The Balaban J connectivity index is 1.86. The molecule has 8 heteroatoms. The van der Waals surface area contributed by atoms with Crippen LogP contribution in [0.4, 0.5) is 0 Å². The Labute approximate surface area is 188 Å². The minimum absolute atomic E-state index is 0.298. The van der Waals surface area contributed by atoms with Crippen molar-refractivity contribution < 1.29 is 28.6 Å². The molecular formula is C24H30N2O6. The van der Waals surface area contributed by atoms with Crippen molar-refractivity contribution >= 4 is 23.7 Å². The normalized spacial score (nSPS) is 11.9. The summed E-state index contributed by atoms with van der Waals surface area (Å²) in [6.07, 6.45) is 2.95. The lowest BCUT2D eigenvalue weighted by atomic mass is 10.1. The number of aryl methyl sites for hydroxylation is 1. The van der Waals surface area contributed by atoms with Gasteiger partial charge < -0.3 is 24.1 Å². The number of hydrogen-bond acceptors (Lipinski definition) is 6. The van der Waals surface area contributed by atoms with Crippen LogP contribution in [-0.2, 0) is 25.6 Å². The smallest absolute Gasteiger partial charge is 0.328 e. The number of hydrogen-bond donors (Lipinski definition) is 1. The number of benzene rings is 1. The van der Waals surface area contributed by atoms with Crippen molar-refractivity contribution in [1.29, 1.82) is 0 Å². The van der Waals surface area contributed by atoms with E-state index in [-0.39, 0.29) is 5.78 Å². The van der Waals surface area contributed by atoms with E-state index < -0.39 is 24.5 Å². The van der Waals surface area contributed by atoms with Crippen LogP contribution in [0.25, 0.3) is 6.08 Å². The van der Waals surface area contributed by atoms with Crippen LogP contribution in [-0.4, -0.2) is 55.7 Å². The third kappa shape index (κ3) is 6.81. The minimum atomic E-state index is -0.898. The molecule has 0 saturated heterocycles. The number of carbonyl (C=O) groups is 3. The van der Waals surface area contributed by atoms with Gasteiger partial charge in [-0.05, 0) is 50.6 Å². The number of ketones is 1. The molecule has 0 saturated carbocycles. The zero-order chi connectivity index (χ0) is 23.7. The van der Waals surface area contributed by atoms with Crippen LogP contribution >= 0.6 is 0 Å². The van der Waals surface area contributed by atoms with Gasteiger partial charge in [0, 0.05) is 36.7 Å². The summed E-state index contributed by atoms with van der Waals surface area (Å²) in [5.74, 6) is -0.710. The van der Waals surface area contributed by atoms with Gasteiger partial charge >= 0.3 is 5.97 Å². The van der Waals surface area contributed by atoms with E-state index in [0.717, 1.165) is 22.7 Å². The molecule has 0 fully saturated rings. The van der Waals surface area contributed by atoms with Crippen molar-refractivity contribution in [3.05, 3.63) is 58.9 Å². The van der Waals surface area contributed by atoms with Crippen molar-refractivity contribution in [2.75, 3.05) is 27.4 Å². The second kappa shape index (κ2) is 11.9. The summed E-state index contributed by atoms with van der Waals surface area (Å²) in [5.41, 5.74) is 3.04. The molecule has 2 rings (SSSR count). The van der Waals surface area contributed by atoms with E-state index in [1.807, 2.05) is 18.4 Å². The Morgan fingerprint density at radius 2 is 1.81 bits per heavy atom. The number of methoxy groups -OCH3 is 2. The quantitative estimate of drug-likeness (QED) is 0.327. The van der Waals surface area contributed by atoms with E-state index in [9.17, 15) is 14.4 Å². The zero-order valence-electron chi connectivity index (χ0n) is 19.1. The molecule has 1 aromatic heterocycles. The molecular weight excluding hydrogens is 412 g/mol. The first-order valence-electron chi connectivity index (χ1n) is 10.2. The Bertz CT molecular complexity index is 975. The van der Waals surface area contributed by atoms with Crippen molar-refractivity contribution in [1.82, 2.24) is 9.88 Å². The van der Waals surface area contributed by atoms with Gasteiger partial charge in [0.2, 0.25) is 11.7 Å². The number of nitrogens with zero attached hydrogens (tertiary/aromatic N) is 1. The number of Topliss-reactive ketones (excluding diaryl/α,β-unsaturated/α-hetero) is 1. The summed E-state index contributed by atoms with van der Waals surface area (Å²) in [6, 6.07) is 8.05. The molecule has 0 aliphatic rings. The molecule has 1 amide bonds. The first-order valence-corrected chi connectivity index (χ1v) is 10.2. The third-order valence-corrected chi connectivity index (χ3v) is 4.99. The highest BCUT2D eigenvalue weighted by atomic mass is 16.5. The number of ether oxygens (including phenoxy) is 3. The van der Waals surface area contributed by atoms with E-state index in [2.05, 4.69) is 5.32 Å². The second-order valence-electron chi connectivity index (χ2n) is 7.30. The van der Waals surface area contributed by atoms with Gasteiger partial charge in [0.25, 0.3) is 0 Å². The van der Waals surface area contributed by atoms with Crippen molar-refractivity contribution in [3.63, 3.8) is 0 Å². The van der Waals surface area contributed by atoms with Crippen LogP contribution in [0.3, 0.4) is 0 Å². The number of amides is 1. The first-order chi connectivity index (χ1) is 15.3. The lowest BCUT2D eigenvalue weighted by Gasteiger charge is -2.12. The molecule has 0 bridgehead atoms. The predicted molar refractivity (Wildman–Crippen MR) is 121 cm³/mol. The molecule has 0 spiro atoms. The summed E-state index contributed by atoms with van der Waals surface area (Å²) in [5, 5.41) is 2.53. The molecule has 1 atom stereocenters. The van der Waals surface area contributed by atoms with Gasteiger partial charge in [0.15, 0.2) is 6.61 Å². The largest absolute Gasteiger partial charge is 0.497 e. The predicted octanol–water partition coefficient (Wildman–Crippen LogP) is 2.70. The van der Waals surface area contributed by atoms with Crippen molar-refractivity contribution in [3.8, 4) is 5.75 Å². The molecule has 8 nitrogen and oxygen atoms in total. The van der Waals surface area contributed by atoms with Crippen molar-refractivity contribution in [2.45, 2.75) is 33.4 Å². The van der Waals surface area contributed by atoms with Gasteiger partial charge in [0.05, 0.1) is 13.7 Å². The molecule has 172 valence electrons. The van der Waals surface area contributed by atoms with Crippen LogP contribution < -0.4 is 10.1 Å². The fourth-order valence-electron chi connectivity index (χ4n) is 3.16. The van der Waals surface area contributed by atoms with Gasteiger partial charge in [0.1, 0.15) is 11.8 Å². The molecule has 0 radical (unpaired) electrons. The lowest BCUT2D eigenvalue weighted by Crippen LogP contribution is -2.39. The van der Waals surface area contributed by atoms with E-state index in [1.54, 1.807) is 50.6 Å². The monoisotopic (exact) mass is 442 g/mol. The number of esters is 1. The summed E-state index contributed by atoms with van der Waals surface area (Å²) >= 11 is 0. The van der Waals surface area contributed by atoms with E-state index in [1.165, 1.54) is 13.0 Å². The maximum Gasteiger partial charge on any atom is 0.328 e. The highest BCUT2D eigenvalue weighted by Crippen LogP contribution is 2.16. The molecule has 2 aromatic rings. The van der Waals surface area contributed by atoms with Crippen LogP contribution in [0.15, 0.2) is 36.4 Å². The highest BCUT2D eigenvalue weighted by molar-refractivity contribution is 6.00.